The molecular weight excluding hydrogens is 378 g/mol. The van der Waals surface area contributed by atoms with E-state index < -0.39 is 11.6 Å². The van der Waals surface area contributed by atoms with Crippen molar-refractivity contribution in [3.05, 3.63) is 64.7 Å². The monoisotopic (exact) mass is 403 g/mol. The number of para-hydroxylation sites is 1. The Kier molecular flexibility index (Phi) is 4.38. The number of nitrogens with one attached hydrogen (secondary N) is 1. The lowest BCUT2D eigenvalue weighted by Gasteiger charge is -2.30. The van der Waals surface area contributed by atoms with Crippen molar-refractivity contribution in [2.45, 2.75) is 44.6 Å². The van der Waals surface area contributed by atoms with Gasteiger partial charge < -0.3 is 10.2 Å². The zero-order chi connectivity index (χ0) is 20.9. The van der Waals surface area contributed by atoms with Crippen molar-refractivity contribution in [3.63, 3.8) is 0 Å². The number of nitrogens with zero attached hydrogens (tertiary/aromatic N) is 2. The highest BCUT2D eigenvalue weighted by atomic mass is 16.2. The van der Waals surface area contributed by atoms with E-state index in [9.17, 15) is 14.4 Å². The van der Waals surface area contributed by atoms with Gasteiger partial charge in [-0.3, -0.25) is 14.5 Å². The van der Waals surface area contributed by atoms with Gasteiger partial charge in [-0.1, -0.05) is 36.4 Å². The van der Waals surface area contributed by atoms with E-state index in [-0.39, 0.29) is 18.4 Å². The van der Waals surface area contributed by atoms with Crippen LogP contribution in [0, 0.1) is 0 Å². The molecule has 0 spiro atoms. The van der Waals surface area contributed by atoms with Crippen LogP contribution < -0.4 is 10.2 Å². The van der Waals surface area contributed by atoms with E-state index in [4.69, 9.17) is 0 Å². The Balaban J connectivity index is 1.38. The fourth-order valence-electron chi connectivity index (χ4n) is 4.93. The number of amides is 4. The number of imide groups is 1. The zero-order valence-electron chi connectivity index (χ0n) is 17.1. The van der Waals surface area contributed by atoms with Crippen LogP contribution in [-0.4, -0.2) is 35.8 Å². The first-order chi connectivity index (χ1) is 14.5. The number of anilines is 1. The maximum absolute atomic E-state index is 13.3. The Morgan fingerprint density at radius 2 is 1.77 bits per heavy atom. The van der Waals surface area contributed by atoms with E-state index >= 15 is 0 Å². The Morgan fingerprint density at radius 3 is 2.63 bits per heavy atom. The summed E-state index contributed by atoms with van der Waals surface area (Å²) in [5, 5.41) is 2.83. The molecule has 2 heterocycles. The maximum Gasteiger partial charge on any atom is 0.325 e. The molecule has 0 radical (unpaired) electrons. The largest absolute Gasteiger partial charge is 0.325 e. The first-order valence-electron chi connectivity index (χ1n) is 10.6. The smallest absolute Gasteiger partial charge is 0.319 e. The van der Waals surface area contributed by atoms with Crippen LogP contribution in [0.1, 0.15) is 42.0 Å². The van der Waals surface area contributed by atoms with Crippen LogP contribution in [0.4, 0.5) is 10.5 Å². The molecule has 2 aromatic carbocycles. The van der Waals surface area contributed by atoms with Crippen molar-refractivity contribution in [1.82, 2.24) is 10.2 Å². The predicted molar refractivity (Wildman–Crippen MR) is 113 cm³/mol. The second-order valence-corrected chi connectivity index (χ2v) is 8.56. The topological polar surface area (TPSA) is 69.7 Å². The van der Waals surface area contributed by atoms with Gasteiger partial charge in [-0.05, 0) is 67.3 Å². The number of fused-ring (bicyclic) bond motifs is 2. The molecule has 30 heavy (non-hydrogen) atoms. The maximum atomic E-state index is 13.3. The molecule has 0 aromatic heterocycles. The fourth-order valence-corrected chi connectivity index (χ4v) is 4.93. The van der Waals surface area contributed by atoms with Crippen LogP contribution in [-0.2, 0) is 34.4 Å². The average Bonchev–Trinajstić information content (AvgIpc) is 3.31. The Morgan fingerprint density at radius 1 is 1.00 bits per heavy atom. The van der Waals surface area contributed by atoms with E-state index in [1.807, 2.05) is 36.4 Å². The summed E-state index contributed by atoms with van der Waals surface area (Å²) in [6.07, 6.45) is 4.98. The lowest BCUT2D eigenvalue weighted by Crippen LogP contribution is -2.46. The minimum absolute atomic E-state index is 0.233. The highest BCUT2D eigenvalue weighted by Crippen LogP contribution is 2.33. The highest BCUT2D eigenvalue weighted by Gasteiger charge is 2.50. The van der Waals surface area contributed by atoms with Gasteiger partial charge in [0.15, 0.2) is 0 Å². The molecule has 2 aromatic rings. The quantitative estimate of drug-likeness (QED) is 0.801. The van der Waals surface area contributed by atoms with Crippen molar-refractivity contribution in [1.29, 1.82) is 0 Å². The Bertz CT molecular complexity index is 1060. The molecular formula is C24H25N3O3. The van der Waals surface area contributed by atoms with Gasteiger partial charge in [0.25, 0.3) is 5.91 Å². The van der Waals surface area contributed by atoms with Crippen molar-refractivity contribution in [2.75, 3.05) is 18.0 Å². The first kappa shape index (κ1) is 18.9. The number of carbonyl (C=O) groups is 3. The van der Waals surface area contributed by atoms with Crippen LogP contribution in [0.2, 0.25) is 0 Å². The van der Waals surface area contributed by atoms with Gasteiger partial charge in [0.2, 0.25) is 5.91 Å². The van der Waals surface area contributed by atoms with Crippen molar-refractivity contribution in [3.8, 4) is 0 Å². The summed E-state index contributed by atoms with van der Waals surface area (Å²) in [4.78, 5) is 41.8. The molecule has 0 saturated carbocycles. The molecule has 6 nitrogen and oxygen atoms in total. The summed E-state index contributed by atoms with van der Waals surface area (Å²) in [5.41, 5.74) is 4.19. The zero-order valence-corrected chi connectivity index (χ0v) is 17.1. The molecule has 1 atom stereocenters. The van der Waals surface area contributed by atoms with Crippen LogP contribution in [0.5, 0.6) is 0 Å². The molecule has 1 aliphatic carbocycles. The van der Waals surface area contributed by atoms with E-state index in [1.54, 1.807) is 11.8 Å². The van der Waals surface area contributed by atoms with Crippen molar-refractivity contribution in [2.24, 2.45) is 0 Å². The third kappa shape index (κ3) is 2.90. The number of benzene rings is 2. The lowest BCUT2D eigenvalue weighted by molar-refractivity contribution is -0.134. The predicted octanol–water partition coefficient (Wildman–Crippen LogP) is 2.92. The molecule has 5 rings (SSSR count). The normalized spacial score (nSPS) is 22.7. The molecule has 0 unspecified atom stereocenters. The molecule has 1 fully saturated rings. The average molecular weight is 403 g/mol. The van der Waals surface area contributed by atoms with Crippen molar-refractivity contribution >= 4 is 23.5 Å². The molecule has 6 heteroatoms. The minimum Gasteiger partial charge on any atom is -0.319 e. The third-order valence-corrected chi connectivity index (χ3v) is 6.66. The summed E-state index contributed by atoms with van der Waals surface area (Å²) < 4.78 is 0. The molecule has 3 aliphatic rings. The second-order valence-electron chi connectivity index (χ2n) is 8.56. The van der Waals surface area contributed by atoms with Gasteiger partial charge in [-0.25, -0.2) is 4.79 Å². The SMILES string of the molecule is C[C@]1(c2ccc3c(c2)CCC3)NC(=O)N(CC(=O)N2CCCc3ccccc32)C1=O. The number of urea groups is 1. The number of aryl methyl sites for hydroxylation is 3. The molecule has 1 saturated heterocycles. The lowest BCUT2D eigenvalue weighted by atomic mass is 9.89. The van der Waals surface area contributed by atoms with E-state index in [2.05, 4.69) is 11.4 Å². The number of hydrogen-bond donors (Lipinski definition) is 1. The van der Waals surface area contributed by atoms with Crippen LogP contribution in [0.3, 0.4) is 0 Å². The van der Waals surface area contributed by atoms with Crippen LogP contribution >= 0.6 is 0 Å². The first-order valence-corrected chi connectivity index (χ1v) is 10.6. The van der Waals surface area contributed by atoms with E-state index in [0.29, 0.717) is 6.54 Å². The van der Waals surface area contributed by atoms with E-state index in [1.165, 1.54) is 11.1 Å². The molecule has 154 valence electrons. The Hall–Kier alpha value is -3.15. The van der Waals surface area contributed by atoms with Crippen molar-refractivity contribution < 1.29 is 14.4 Å². The summed E-state index contributed by atoms with van der Waals surface area (Å²) >= 11 is 0. The number of hydrogen-bond acceptors (Lipinski definition) is 3. The standard InChI is InChI=1S/C24H25N3O3/c1-24(19-12-11-16-7-4-8-18(16)14-19)22(29)27(23(30)25-24)15-21(28)26-13-5-9-17-6-2-3-10-20(17)26/h2-3,6,10-12,14H,4-5,7-9,13,15H2,1H3,(H,25,30)/t24-/m1/s1. The van der Waals surface area contributed by atoms with Gasteiger partial charge in [-0.15, -0.1) is 0 Å². The number of rotatable bonds is 3. The van der Waals surface area contributed by atoms with Gasteiger partial charge in [-0.2, -0.15) is 0 Å². The molecule has 2 aliphatic heterocycles. The fraction of sp³-hybridized carbons (Fsp3) is 0.375. The van der Waals surface area contributed by atoms with Gasteiger partial charge in [0.05, 0.1) is 0 Å². The highest BCUT2D eigenvalue weighted by molar-refractivity contribution is 6.10. The third-order valence-electron chi connectivity index (χ3n) is 6.66. The summed E-state index contributed by atoms with van der Waals surface area (Å²) in [6.45, 7) is 2.08. The van der Waals surface area contributed by atoms with E-state index in [0.717, 1.165) is 53.8 Å². The van der Waals surface area contributed by atoms with Gasteiger partial charge >= 0.3 is 6.03 Å². The summed E-state index contributed by atoms with van der Waals surface area (Å²) in [5.74, 6) is -0.604. The summed E-state index contributed by atoms with van der Waals surface area (Å²) in [6, 6.07) is 13.3. The Labute approximate surface area is 175 Å². The van der Waals surface area contributed by atoms with Crippen LogP contribution in [0.25, 0.3) is 0 Å². The molecule has 0 bridgehead atoms. The van der Waals surface area contributed by atoms with Gasteiger partial charge in [0, 0.05) is 12.2 Å². The number of carbonyl (C=O) groups excluding carboxylic acids is 3. The molecule has 4 amide bonds. The minimum atomic E-state index is -1.14. The summed E-state index contributed by atoms with van der Waals surface area (Å²) in [7, 11) is 0. The molecule has 1 N–H and O–H groups in total. The second kappa shape index (κ2) is 6.97. The van der Waals surface area contributed by atoms with Crippen LogP contribution in [0.15, 0.2) is 42.5 Å². The van der Waals surface area contributed by atoms with Gasteiger partial charge in [0.1, 0.15) is 12.1 Å².